The maximum absolute atomic E-state index is 6.25. The number of rotatable bonds is 3. The van der Waals surface area contributed by atoms with Gasteiger partial charge in [-0.1, -0.05) is 11.6 Å². The quantitative estimate of drug-likeness (QED) is 0.675. The summed E-state index contributed by atoms with van der Waals surface area (Å²) in [7, 11) is 0. The summed E-state index contributed by atoms with van der Waals surface area (Å²) in [6, 6.07) is 2.37. The first kappa shape index (κ1) is 15.4. The van der Waals surface area contributed by atoms with Crippen molar-refractivity contribution >= 4 is 28.6 Å². The van der Waals surface area contributed by atoms with Crippen LogP contribution in [-0.4, -0.2) is 30.5 Å². The van der Waals surface area contributed by atoms with Crippen molar-refractivity contribution in [3.63, 3.8) is 0 Å². The molecular weight excluding hydrogens is 326 g/mol. The van der Waals surface area contributed by atoms with Gasteiger partial charge < -0.3 is 21.0 Å². The minimum atomic E-state index is 0.330. The van der Waals surface area contributed by atoms with Crippen molar-refractivity contribution in [3.05, 3.63) is 35.1 Å². The number of H-pyrrole nitrogens is 1. The first-order valence-electron chi connectivity index (χ1n) is 8.16. The summed E-state index contributed by atoms with van der Waals surface area (Å²) in [6.07, 6.45) is 7.52. The molecule has 0 unspecified atom stereocenters. The maximum Gasteiger partial charge on any atom is 0.165 e. The van der Waals surface area contributed by atoms with E-state index in [2.05, 4.69) is 19.9 Å². The van der Waals surface area contributed by atoms with Crippen LogP contribution in [0.3, 0.4) is 0 Å². The summed E-state index contributed by atoms with van der Waals surface area (Å²) < 4.78 is 1.97. The zero-order valence-corrected chi connectivity index (χ0v) is 14.0. The molecule has 0 aliphatic heterocycles. The van der Waals surface area contributed by atoms with Crippen LogP contribution < -0.4 is 11.5 Å². The number of aromatic amines is 1. The van der Waals surface area contributed by atoms with Gasteiger partial charge in [0.05, 0.1) is 12.9 Å². The van der Waals surface area contributed by atoms with Crippen molar-refractivity contribution in [3.8, 4) is 0 Å². The van der Waals surface area contributed by atoms with Gasteiger partial charge >= 0.3 is 0 Å². The second-order valence-electron chi connectivity index (χ2n) is 6.47. The molecular formula is C16H20ClN7. The summed E-state index contributed by atoms with van der Waals surface area (Å²) in [5.74, 6) is 0.891. The number of nitrogens with two attached hydrogens (primary N) is 2. The van der Waals surface area contributed by atoms with E-state index in [0.29, 0.717) is 35.0 Å². The number of nitrogens with zero attached hydrogens (tertiary/aromatic N) is 4. The van der Waals surface area contributed by atoms with Gasteiger partial charge in [0.1, 0.15) is 17.0 Å². The topological polar surface area (TPSA) is 111 Å². The fourth-order valence-electron chi connectivity index (χ4n) is 3.59. The number of aromatic nitrogens is 5. The van der Waals surface area contributed by atoms with Gasteiger partial charge in [-0.15, -0.1) is 0 Å². The Morgan fingerprint density at radius 3 is 2.79 bits per heavy atom. The van der Waals surface area contributed by atoms with Gasteiger partial charge in [-0.25, -0.2) is 15.0 Å². The summed E-state index contributed by atoms with van der Waals surface area (Å²) in [5.41, 5.74) is 15.6. The monoisotopic (exact) mass is 345 g/mol. The summed E-state index contributed by atoms with van der Waals surface area (Å²) >= 11 is 6.25. The predicted octanol–water partition coefficient (Wildman–Crippen LogP) is 2.42. The van der Waals surface area contributed by atoms with Gasteiger partial charge in [-0.3, -0.25) is 0 Å². The highest BCUT2D eigenvalue weighted by Gasteiger charge is 2.24. The van der Waals surface area contributed by atoms with Crippen LogP contribution in [0.1, 0.15) is 42.9 Å². The molecule has 0 aromatic carbocycles. The molecule has 24 heavy (non-hydrogen) atoms. The SMILES string of the molecule is Nc1ncnc2c1ncn2Cc1[nH]c(Cl)cc1C1CCC(N)CC1. The highest BCUT2D eigenvalue weighted by atomic mass is 35.5. The number of nitrogens with one attached hydrogen (secondary N) is 1. The Balaban J connectivity index is 1.66. The first-order chi connectivity index (χ1) is 11.6. The third-order valence-electron chi connectivity index (χ3n) is 4.87. The van der Waals surface area contributed by atoms with E-state index in [1.54, 1.807) is 6.33 Å². The average molecular weight is 346 g/mol. The molecule has 3 aromatic heterocycles. The van der Waals surface area contributed by atoms with Crippen molar-refractivity contribution in [2.24, 2.45) is 5.73 Å². The fourth-order valence-corrected chi connectivity index (χ4v) is 3.82. The van der Waals surface area contributed by atoms with Gasteiger partial charge in [0.2, 0.25) is 0 Å². The minimum absolute atomic E-state index is 0.330. The number of halogens is 1. The van der Waals surface area contributed by atoms with Crippen molar-refractivity contribution in [2.75, 3.05) is 5.73 Å². The Kier molecular flexibility index (Phi) is 3.90. The Hall–Kier alpha value is -2.12. The molecule has 0 atom stereocenters. The van der Waals surface area contributed by atoms with E-state index in [0.717, 1.165) is 37.0 Å². The molecule has 7 nitrogen and oxygen atoms in total. The molecule has 3 aromatic rings. The predicted molar refractivity (Wildman–Crippen MR) is 93.8 cm³/mol. The molecule has 5 N–H and O–H groups in total. The molecule has 0 bridgehead atoms. The Bertz CT molecular complexity index is 861. The van der Waals surface area contributed by atoms with Gasteiger partial charge in [-0.2, -0.15) is 0 Å². The number of nitrogen functional groups attached to an aromatic ring is 1. The van der Waals surface area contributed by atoms with E-state index in [9.17, 15) is 0 Å². The number of hydrogen-bond donors (Lipinski definition) is 3. The van der Waals surface area contributed by atoms with Gasteiger partial charge in [0.25, 0.3) is 0 Å². The Morgan fingerprint density at radius 2 is 2.00 bits per heavy atom. The number of imidazole rings is 1. The molecule has 0 spiro atoms. The normalized spacial score (nSPS) is 21.4. The minimum Gasteiger partial charge on any atom is -0.382 e. The van der Waals surface area contributed by atoms with Gasteiger partial charge in [0, 0.05) is 11.7 Å². The smallest absolute Gasteiger partial charge is 0.165 e. The van der Waals surface area contributed by atoms with Crippen LogP contribution in [0.25, 0.3) is 11.2 Å². The van der Waals surface area contributed by atoms with Gasteiger partial charge in [0.15, 0.2) is 11.5 Å². The fraction of sp³-hybridized carbons (Fsp3) is 0.438. The van der Waals surface area contributed by atoms with Crippen LogP contribution >= 0.6 is 11.6 Å². The van der Waals surface area contributed by atoms with Gasteiger partial charge in [-0.05, 0) is 43.2 Å². The summed E-state index contributed by atoms with van der Waals surface area (Å²) in [6.45, 7) is 0.623. The van der Waals surface area contributed by atoms with Crippen LogP contribution in [0, 0.1) is 0 Å². The van der Waals surface area contributed by atoms with Crippen LogP contribution in [0.5, 0.6) is 0 Å². The van der Waals surface area contributed by atoms with Crippen LogP contribution in [0.4, 0.5) is 5.82 Å². The third-order valence-corrected chi connectivity index (χ3v) is 5.07. The lowest BCUT2D eigenvalue weighted by Crippen LogP contribution is -2.26. The average Bonchev–Trinajstić information content (AvgIpc) is 3.14. The zero-order chi connectivity index (χ0) is 16.7. The van der Waals surface area contributed by atoms with Crippen molar-refractivity contribution < 1.29 is 0 Å². The lowest BCUT2D eigenvalue weighted by Gasteiger charge is -2.26. The van der Waals surface area contributed by atoms with E-state index in [1.807, 2.05) is 10.6 Å². The second-order valence-corrected chi connectivity index (χ2v) is 6.87. The van der Waals surface area contributed by atoms with Crippen LogP contribution in [-0.2, 0) is 6.54 Å². The Labute approximate surface area is 144 Å². The van der Waals surface area contributed by atoms with E-state index in [4.69, 9.17) is 23.1 Å². The maximum atomic E-state index is 6.25. The summed E-state index contributed by atoms with van der Waals surface area (Å²) in [5, 5.41) is 0.661. The summed E-state index contributed by atoms with van der Waals surface area (Å²) in [4.78, 5) is 15.9. The largest absolute Gasteiger partial charge is 0.382 e. The molecule has 4 rings (SSSR count). The van der Waals surface area contributed by atoms with Crippen LogP contribution in [0.2, 0.25) is 5.15 Å². The molecule has 1 fully saturated rings. The first-order valence-corrected chi connectivity index (χ1v) is 8.53. The number of fused-ring (bicyclic) bond motifs is 1. The second kappa shape index (κ2) is 6.07. The zero-order valence-electron chi connectivity index (χ0n) is 13.2. The van der Waals surface area contributed by atoms with E-state index < -0.39 is 0 Å². The number of anilines is 1. The lowest BCUT2D eigenvalue weighted by molar-refractivity contribution is 0.394. The standard InChI is InChI=1S/C16H20ClN7/c17-13-5-11(9-1-3-10(18)4-2-9)12(23-13)6-24-8-22-14-15(19)20-7-21-16(14)24/h5,7-10,23H,1-4,6,18H2,(H2,19,20,21). The molecule has 0 amide bonds. The molecule has 0 saturated heterocycles. The molecule has 1 saturated carbocycles. The van der Waals surface area contributed by atoms with Crippen LogP contribution in [0.15, 0.2) is 18.7 Å². The molecule has 3 heterocycles. The highest BCUT2D eigenvalue weighted by molar-refractivity contribution is 6.29. The molecule has 0 radical (unpaired) electrons. The molecule has 8 heteroatoms. The Morgan fingerprint density at radius 1 is 1.21 bits per heavy atom. The lowest BCUT2D eigenvalue weighted by atomic mass is 9.82. The van der Waals surface area contributed by atoms with E-state index in [-0.39, 0.29) is 0 Å². The van der Waals surface area contributed by atoms with Crippen molar-refractivity contribution in [2.45, 2.75) is 44.2 Å². The van der Waals surface area contributed by atoms with E-state index in [1.165, 1.54) is 11.9 Å². The van der Waals surface area contributed by atoms with Crippen molar-refractivity contribution in [1.29, 1.82) is 0 Å². The number of hydrogen-bond acceptors (Lipinski definition) is 5. The molecule has 1 aliphatic carbocycles. The third kappa shape index (κ3) is 2.74. The van der Waals surface area contributed by atoms with Crippen molar-refractivity contribution in [1.82, 2.24) is 24.5 Å². The molecule has 1 aliphatic rings. The van der Waals surface area contributed by atoms with E-state index >= 15 is 0 Å². The molecule has 126 valence electrons. The highest BCUT2D eigenvalue weighted by Crippen LogP contribution is 2.36.